The highest BCUT2D eigenvalue weighted by molar-refractivity contribution is 5.77. The van der Waals surface area contributed by atoms with Crippen molar-refractivity contribution in [2.45, 2.75) is 25.9 Å². The lowest BCUT2D eigenvalue weighted by molar-refractivity contribution is -0.136. The van der Waals surface area contributed by atoms with Crippen LogP contribution in [-0.4, -0.2) is 50.3 Å². The van der Waals surface area contributed by atoms with Crippen molar-refractivity contribution >= 4 is 5.91 Å². The molecule has 0 radical (unpaired) electrons. The van der Waals surface area contributed by atoms with Crippen LogP contribution in [0.15, 0.2) is 0 Å². The first-order valence-corrected chi connectivity index (χ1v) is 5.17. The highest BCUT2D eigenvalue weighted by atomic mass is 16.5. The molecular formula is C10H19NO3. The summed E-state index contributed by atoms with van der Waals surface area (Å²) in [6.45, 7) is 4.16. The lowest BCUT2D eigenvalue weighted by Gasteiger charge is -2.20. The van der Waals surface area contributed by atoms with E-state index in [4.69, 9.17) is 9.47 Å². The van der Waals surface area contributed by atoms with E-state index in [-0.39, 0.29) is 18.6 Å². The molecule has 0 aromatic rings. The lowest BCUT2D eigenvalue weighted by atomic mass is 10.2. The van der Waals surface area contributed by atoms with Crippen LogP contribution in [0.1, 0.15) is 19.8 Å². The van der Waals surface area contributed by atoms with Gasteiger partial charge < -0.3 is 14.4 Å². The third-order valence-corrected chi connectivity index (χ3v) is 2.36. The second kappa shape index (κ2) is 5.98. The Bertz CT molecular complexity index is 178. The van der Waals surface area contributed by atoms with Crippen LogP contribution in [0.2, 0.25) is 0 Å². The molecule has 4 nitrogen and oxygen atoms in total. The first-order chi connectivity index (χ1) is 6.74. The van der Waals surface area contributed by atoms with Gasteiger partial charge in [-0.3, -0.25) is 4.79 Å². The summed E-state index contributed by atoms with van der Waals surface area (Å²) in [6, 6.07) is 0. The SMILES string of the molecule is CCOCC(=O)N(C)CC1CCCO1. The predicted octanol–water partition coefficient (Wildman–Crippen LogP) is 0.660. The summed E-state index contributed by atoms with van der Waals surface area (Å²) in [5.41, 5.74) is 0. The van der Waals surface area contributed by atoms with Gasteiger partial charge in [0.25, 0.3) is 0 Å². The Morgan fingerprint density at radius 1 is 1.64 bits per heavy atom. The maximum atomic E-state index is 11.4. The number of ether oxygens (including phenoxy) is 2. The third kappa shape index (κ3) is 3.64. The Labute approximate surface area is 85.2 Å². The van der Waals surface area contributed by atoms with Crippen molar-refractivity contribution in [3.8, 4) is 0 Å². The van der Waals surface area contributed by atoms with Gasteiger partial charge in [0, 0.05) is 26.8 Å². The van der Waals surface area contributed by atoms with E-state index in [1.807, 2.05) is 6.92 Å². The second-order valence-corrected chi connectivity index (χ2v) is 3.55. The van der Waals surface area contributed by atoms with Gasteiger partial charge in [-0.15, -0.1) is 0 Å². The molecule has 1 fully saturated rings. The maximum Gasteiger partial charge on any atom is 0.248 e. The van der Waals surface area contributed by atoms with E-state index in [1.54, 1.807) is 11.9 Å². The molecule has 82 valence electrons. The molecule has 0 aromatic heterocycles. The van der Waals surface area contributed by atoms with E-state index in [0.717, 1.165) is 19.4 Å². The van der Waals surface area contributed by atoms with E-state index in [0.29, 0.717) is 13.2 Å². The fourth-order valence-corrected chi connectivity index (χ4v) is 1.50. The van der Waals surface area contributed by atoms with Crippen molar-refractivity contribution < 1.29 is 14.3 Å². The zero-order valence-electron chi connectivity index (χ0n) is 8.99. The van der Waals surface area contributed by atoms with Crippen molar-refractivity contribution in [3.63, 3.8) is 0 Å². The van der Waals surface area contributed by atoms with E-state index in [2.05, 4.69) is 0 Å². The van der Waals surface area contributed by atoms with Crippen molar-refractivity contribution in [1.29, 1.82) is 0 Å². The maximum absolute atomic E-state index is 11.4. The van der Waals surface area contributed by atoms with E-state index in [9.17, 15) is 4.79 Å². The fraction of sp³-hybridized carbons (Fsp3) is 0.900. The quantitative estimate of drug-likeness (QED) is 0.656. The first kappa shape index (κ1) is 11.5. The minimum absolute atomic E-state index is 0.0300. The highest BCUT2D eigenvalue weighted by Gasteiger charge is 2.19. The number of nitrogens with zero attached hydrogens (tertiary/aromatic N) is 1. The molecule has 0 saturated carbocycles. The molecule has 1 unspecified atom stereocenters. The van der Waals surface area contributed by atoms with Crippen LogP contribution in [-0.2, 0) is 14.3 Å². The number of amides is 1. The standard InChI is InChI=1S/C10H19NO3/c1-3-13-8-10(12)11(2)7-9-5-4-6-14-9/h9H,3-8H2,1-2H3. The minimum atomic E-state index is 0.0300. The zero-order valence-corrected chi connectivity index (χ0v) is 8.99. The van der Waals surface area contributed by atoms with Crippen LogP contribution in [0.25, 0.3) is 0 Å². The summed E-state index contributed by atoms with van der Waals surface area (Å²) < 4.78 is 10.5. The van der Waals surface area contributed by atoms with Crippen molar-refractivity contribution in [2.75, 3.05) is 33.4 Å². The Balaban J connectivity index is 2.18. The molecule has 1 aliphatic rings. The van der Waals surface area contributed by atoms with Crippen LogP contribution in [0.3, 0.4) is 0 Å². The van der Waals surface area contributed by atoms with Gasteiger partial charge in [-0.1, -0.05) is 0 Å². The van der Waals surface area contributed by atoms with Crippen molar-refractivity contribution in [2.24, 2.45) is 0 Å². The number of carbonyl (C=O) groups excluding carboxylic acids is 1. The minimum Gasteiger partial charge on any atom is -0.376 e. The normalized spacial score (nSPS) is 21.1. The molecule has 1 rings (SSSR count). The molecule has 1 aliphatic heterocycles. The number of hydrogen-bond acceptors (Lipinski definition) is 3. The van der Waals surface area contributed by atoms with Crippen LogP contribution in [0.4, 0.5) is 0 Å². The number of likely N-dealkylation sites (N-methyl/N-ethyl adjacent to an activating group) is 1. The third-order valence-electron chi connectivity index (χ3n) is 2.36. The smallest absolute Gasteiger partial charge is 0.248 e. The van der Waals surface area contributed by atoms with Crippen LogP contribution in [0, 0.1) is 0 Å². The molecular weight excluding hydrogens is 182 g/mol. The summed E-state index contributed by atoms with van der Waals surface area (Å²) >= 11 is 0. The highest BCUT2D eigenvalue weighted by Crippen LogP contribution is 2.12. The van der Waals surface area contributed by atoms with Crippen LogP contribution in [0.5, 0.6) is 0 Å². The van der Waals surface area contributed by atoms with Gasteiger partial charge in [-0.2, -0.15) is 0 Å². The molecule has 0 spiro atoms. The molecule has 0 aliphatic carbocycles. The molecule has 1 amide bonds. The van der Waals surface area contributed by atoms with Gasteiger partial charge >= 0.3 is 0 Å². The van der Waals surface area contributed by atoms with Gasteiger partial charge in [0.05, 0.1) is 6.10 Å². The van der Waals surface area contributed by atoms with Gasteiger partial charge in [-0.25, -0.2) is 0 Å². The molecule has 14 heavy (non-hydrogen) atoms. The van der Waals surface area contributed by atoms with E-state index < -0.39 is 0 Å². The van der Waals surface area contributed by atoms with E-state index in [1.165, 1.54) is 0 Å². The summed E-state index contributed by atoms with van der Waals surface area (Å²) in [6.07, 6.45) is 2.40. The molecule has 0 N–H and O–H groups in total. The van der Waals surface area contributed by atoms with Crippen LogP contribution < -0.4 is 0 Å². The summed E-state index contributed by atoms with van der Waals surface area (Å²) in [5.74, 6) is 0.0300. The summed E-state index contributed by atoms with van der Waals surface area (Å²) in [5, 5.41) is 0. The number of hydrogen-bond donors (Lipinski definition) is 0. The topological polar surface area (TPSA) is 38.8 Å². The van der Waals surface area contributed by atoms with Crippen molar-refractivity contribution in [3.05, 3.63) is 0 Å². The van der Waals surface area contributed by atoms with Gasteiger partial charge in [0.15, 0.2) is 0 Å². The van der Waals surface area contributed by atoms with Gasteiger partial charge in [0.1, 0.15) is 6.61 Å². The molecule has 1 saturated heterocycles. The Morgan fingerprint density at radius 2 is 2.43 bits per heavy atom. The van der Waals surface area contributed by atoms with Gasteiger partial charge in [0.2, 0.25) is 5.91 Å². The molecule has 0 aromatic carbocycles. The number of rotatable bonds is 5. The Kier molecular flexibility index (Phi) is 4.90. The lowest BCUT2D eigenvalue weighted by Crippen LogP contribution is -2.36. The average Bonchev–Trinajstić information content (AvgIpc) is 2.66. The van der Waals surface area contributed by atoms with Gasteiger partial charge in [-0.05, 0) is 19.8 Å². The fourth-order valence-electron chi connectivity index (χ4n) is 1.50. The first-order valence-electron chi connectivity index (χ1n) is 5.17. The molecule has 4 heteroatoms. The van der Waals surface area contributed by atoms with Crippen LogP contribution >= 0.6 is 0 Å². The Hall–Kier alpha value is -0.610. The van der Waals surface area contributed by atoms with E-state index >= 15 is 0 Å². The zero-order chi connectivity index (χ0) is 10.4. The summed E-state index contributed by atoms with van der Waals surface area (Å²) in [4.78, 5) is 13.1. The molecule has 0 bridgehead atoms. The largest absolute Gasteiger partial charge is 0.376 e. The molecule has 1 heterocycles. The monoisotopic (exact) mass is 201 g/mol. The predicted molar refractivity (Wildman–Crippen MR) is 53.1 cm³/mol. The second-order valence-electron chi connectivity index (χ2n) is 3.55. The van der Waals surface area contributed by atoms with Crippen molar-refractivity contribution in [1.82, 2.24) is 4.90 Å². The summed E-state index contributed by atoms with van der Waals surface area (Å²) in [7, 11) is 1.79. The molecule has 1 atom stereocenters. The number of carbonyl (C=O) groups is 1. The Morgan fingerprint density at radius 3 is 3.00 bits per heavy atom. The average molecular weight is 201 g/mol.